The maximum absolute atomic E-state index is 12.6. The lowest BCUT2D eigenvalue weighted by molar-refractivity contribution is -0.140. The number of piperidine rings is 1. The molecule has 0 saturated carbocycles. The number of amides is 1. The first-order valence-electron chi connectivity index (χ1n) is 7.53. The highest BCUT2D eigenvalue weighted by atomic mass is 35.5. The van der Waals surface area contributed by atoms with Crippen LogP contribution in [0.4, 0.5) is 0 Å². The average Bonchev–Trinajstić information content (AvgIpc) is 2.53. The lowest BCUT2D eigenvalue weighted by Gasteiger charge is -2.34. The number of carbonyl (C=O) groups excluding carboxylic acids is 1. The van der Waals surface area contributed by atoms with E-state index in [1.807, 2.05) is 31.0 Å². The second kappa shape index (κ2) is 7.66. The van der Waals surface area contributed by atoms with E-state index in [-0.39, 0.29) is 5.91 Å². The van der Waals surface area contributed by atoms with Gasteiger partial charge in [0.25, 0.3) is 5.91 Å². The van der Waals surface area contributed by atoms with E-state index in [1.165, 1.54) is 0 Å². The summed E-state index contributed by atoms with van der Waals surface area (Å²) in [6.07, 6.45) is 2.15. The summed E-state index contributed by atoms with van der Waals surface area (Å²) in [6.45, 7) is 3.53. The summed E-state index contributed by atoms with van der Waals surface area (Å²) in [5, 5.41) is 3.81. The van der Waals surface area contributed by atoms with Crippen molar-refractivity contribution < 1.29 is 9.53 Å². The Bertz CT molecular complexity index is 473. The molecule has 0 bridgehead atoms. The zero-order chi connectivity index (χ0) is 15.2. The second-order valence-electron chi connectivity index (χ2n) is 5.33. The van der Waals surface area contributed by atoms with Gasteiger partial charge in [0.05, 0.1) is 5.02 Å². The van der Waals surface area contributed by atoms with Crippen LogP contribution in [0, 0.1) is 0 Å². The molecule has 1 heterocycles. The lowest BCUT2D eigenvalue weighted by Crippen LogP contribution is -2.48. The highest BCUT2D eigenvalue weighted by molar-refractivity contribution is 6.32. The molecule has 1 unspecified atom stereocenters. The van der Waals surface area contributed by atoms with Gasteiger partial charge in [-0.25, -0.2) is 0 Å². The Hall–Kier alpha value is -1.26. The first kappa shape index (κ1) is 16.1. The molecular formula is C16H23ClN2O2. The molecular weight excluding hydrogens is 288 g/mol. The highest BCUT2D eigenvalue weighted by Gasteiger charge is 2.28. The molecule has 2 rings (SSSR count). The van der Waals surface area contributed by atoms with E-state index < -0.39 is 6.10 Å². The van der Waals surface area contributed by atoms with Gasteiger partial charge in [-0.1, -0.05) is 30.7 Å². The number of ether oxygens (including phenoxy) is 1. The number of hydrogen-bond acceptors (Lipinski definition) is 3. The Morgan fingerprint density at radius 1 is 1.43 bits per heavy atom. The number of halogens is 1. The highest BCUT2D eigenvalue weighted by Crippen LogP contribution is 2.25. The summed E-state index contributed by atoms with van der Waals surface area (Å²) >= 11 is 6.10. The summed E-state index contributed by atoms with van der Waals surface area (Å²) < 4.78 is 5.82. The molecule has 1 fully saturated rings. The molecule has 1 atom stereocenters. The zero-order valence-corrected chi connectivity index (χ0v) is 13.4. The monoisotopic (exact) mass is 310 g/mol. The van der Waals surface area contributed by atoms with Crippen molar-refractivity contribution >= 4 is 17.5 Å². The van der Waals surface area contributed by atoms with Crippen LogP contribution in [0.5, 0.6) is 5.75 Å². The van der Waals surface area contributed by atoms with Crippen LogP contribution in [0.2, 0.25) is 5.02 Å². The first-order valence-corrected chi connectivity index (χ1v) is 7.90. The van der Waals surface area contributed by atoms with Crippen molar-refractivity contribution in [2.75, 3.05) is 20.1 Å². The molecule has 1 saturated heterocycles. The van der Waals surface area contributed by atoms with E-state index in [0.717, 1.165) is 25.9 Å². The van der Waals surface area contributed by atoms with Gasteiger partial charge in [-0.15, -0.1) is 0 Å². The van der Waals surface area contributed by atoms with Gasteiger partial charge in [0, 0.05) is 19.1 Å². The molecule has 5 heteroatoms. The van der Waals surface area contributed by atoms with Gasteiger partial charge in [0.2, 0.25) is 0 Å². The fourth-order valence-corrected chi connectivity index (χ4v) is 2.77. The van der Waals surface area contributed by atoms with E-state index in [0.29, 0.717) is 23.2 Å². The molecule has 0 radical (unpaired) electrons. The number of rotatable bonds is 5. The van der Waals surface area contributed by atoms with Crippen molar-refractivity contribution in [1.82, 2.24) is 10.2 Å². The van der Waals surface area contributed by atoms with Crippen LogP contribution in [0.15, 0.2) is 24.3 Å². The van der Waals surface area contributed by atoms with E-state index in [4.69, 9.17) is 16.3 Å². The van der Waals surface area contributed by atoms with Crippen LogP contribution in [-0.4, -0.2) is 43.1 Å². The topological polar surface area (TPSA) is 41.6 Å². The van der Waals surface area contributed by atoms with Crippen molar-refractivity contribution in [3.8, 4) is 5.75 Å². The standard InChI is InChI=1S/C16H23ClN2O2/c1-3-14(21-15-7-5-4-6-13(15)17)16(20)19-10-8-12(18-2)9-11-19/h4-7,12,14,18H,3,8-11H2,1-2H3. The largest absolute Gasteiger partial charge is 0.479 e. The molecule has 4 nitrogen and oxygen atoms in total. The van der Waals surface area contributed by atoms with Crippen molar-refractivity contribution in [2.45, 2.75) is 38.3 Å². The molecule has 1 amide bonds. The summed E-state index contributed by atoms with van der Waals surface area (Å²) in [5.74, 6) is 0.636. The van der Waals surface area contributed by atoms with Crippen LogP contribution in [0.1, 0.15) is 26.2 Å². The molecule has 1 aliphatic rings. The fourth-order valence-electron chi connectivity index (χ4n) is 2.59. The zero-order valence-electron chi connectivity index (χ0n) is 12.6. The number of para-hydroxylation sites is 1. The lowest BCUT2D eigenvalue weighted by atomic mass is 10.0. The fraction of sp³-hybridized carbons (Fsp3) is 0.562. The first-order chi connectivity index (χ1) is 10.2. The van der Waals surface area contributed by atoms with Crippen LogP contribution in [0.3, 0.4) is 0 Å². The summed E-state index contributed by atoms with van der Waals surface area (Å²) in [4.78, 5) is 14.5. The molecule has 0 aliphatic carbocycles. The Labute approximate surface area is 131 Å². The molecule has 1 aromatic carbocycles. The molecule has 1 aliphatic heterocycles. The molecule has 0 aromatic heterocycles. The smallest absolute Gasteiger partial charge is 0.263 e. The van der Waals surface area contributed by atoms with Gasteiger partial charge >= 0.3 is 0 Å². The minimum absolute atomic E-state index is 0.0620. The van der Waals surface area contributed by atoms with Gasteiger partial charge in [-0.3, -0.25) is 4.79 Å². The van der Waals surface area contributed by atoms with Crippen molar-refractivity contribution in [2.24, 2.45) is 0 Å². The Kier molecular flexibility index (Phi) is 5.88. The Balaban J connectivity index is 1.98. The SMILES string of the molecule is CCC(Oc1ccccc1Cl)C(=O)N1CCC(NC)CC1. The third kappa shape index (κ3) is 4.11. The molecule has 0 spiro atoms. The maximum Gasteiger partial charge on any atom is 0.263 e. The van der Waals surface area contributed by atoms with Gasteiger partial charge in [0.1, 0.15) is 5.75 Å². The third-order valence-electron chi connectivity index (χ3n) is 3.97. The summed E-state index contributed by atoms with van der Waals surface area (Å²) in [5.41, 5.74) is 0. The maximum atomic E-state index is 12.6. The number of benzene rings is 1. The van der Waals surface area contributed by atoms with Crippen molar-refractivity contribution in [3.63, 3.8) is 0 Å². The average molecular weight is 311 g/mol. The number of hydrogen-bond donors (Lipinski definition) is 1. The number of nitrogens with one attached hydrogen (secondary N) is 1. The predicted octanol–water partition coefficient (Wildman–Crippen LogP) is 2.71. The van der Waals surface area contributed by atoms with Crippen LogP contribution in [-0.2, 0) is 4.79 Å². The van der Waals surface area contributed by atoms with Gasteiger partial charge in [-0.05, 0) is 38.4 Å². The third-order valence-corrected chi connectivity index (χ3v) is 4.28. The second-order valence-corrected chi connectivity index (χ2v) is 5.74. The normalized spacial score (nSPS) is 17.6. The molecule has 1 aromatic rings. The summed E-state index contributed by atoms with van der Waals surface area (Å²) in [6, 6.07) is 7.79. The van der Waals surface area contributed by atoms with Crippen LogP contribution >= 0.6 is 11.6 Å². The minimum Gasteiger partial charge on any atom is -0.479 e. The van der Waals surface area contributed by atoms with E-state index >= 15 is 0 Å². The van der Waals surface area contributed by atoms with E-state index in [1.54, 1.807) is 12.1 Å². The van der Waals surface area contributed by atoms with Crippen LogP contribution in [0.25, 0.3) is 0 Å². The van der Waals surface area contributed by atoms with E-state index in [9.17, 15) is 4.79 Å². The van der Waals surface area contributed by atoms with Gasteiger partial charge in [-0.2, -0.15) is 0 Å². The Morgan fingerprint density at radius 3 is 2.67 bits per heavy atom. The van der Waals surface area contributed by atoms with E-state index in [2.05, 4.69) is 5.32 Å². The predicted molar refractivity (Wildman–Crippen MR) is 84.8 cm³/mol. The van der Waals surface area contributed by atoms with Gasteiger partial charge < -0.3 is 15.0 Å². The molecule has 1 N–H and O–H groups in total. The quantitative estimate of drug-likeness (QED) is 0.909. The van der Waals surface area contributed by atoms with Gasteiger partial charge in [0.15, 0.2) is 6.10 Å². The number of likely N-dealkylation sites (tertiary alicyclic amines) is 1. The van der Waals surface area contributed by atoms with Crippen molar-refractivity contribution in [3.05, 3.63) is 29.3 Å². The van der Waals surface area contributed by atoms with Crippen molar-refractivity contribution in [1.29, 1.82) is 0 Å². The number of nitrogens with zero attached hydrogens (tertiary/aromatic N) is 1. The number of carbonyl (C=O) groups is 1. The summed E-state index contributed by atoms with van der Waals surface area (Å²) in [7, 11) is 1.97. The van der Waals surface area contributed by atoms with Crippen LogP contribution < -0.4 is 10.1 Å². The Morgan fingerprint density at radius 2 is 2.10 bits per heavy atom. The minimum atomic E-state index is -0.462. The molecule has 21 heavy (non-hydrogen) atoms. The molecule has 116 valence electrons.